The molecule has 0 aromatic rings. The van der Waals surface area contributed by atoms with Crippen molar-refractivity contribution >= 4 is 21.5 Å². The van der Waals surface area contributed by atoms with Crippen LogP contribution < -0.4 is 9.62 Å². The maximum atomic E-state index is 10.2. The lowest BCUT2D eigenvalue weighted by molar-refractivity contribution is 0.248. The van der Waals surface area contributed by atoms with Gasteiger partial charge in [-0.25, -0.2) is 0 Å². The minimum Gasteiger partial charge on any atom is -0.432 e. The van der Waals surface area contributed by atoms with Gasteiger partial charge in [-0.1, -0.05) is 5.79 Å². The Balaban J connectivity index is 3.00. The summed E-state index contributed by atoms with van der Waals surface area (Å²) in [5.74, 6) is 2.01. The summed E-state index contributed by atoms with van der Waals surface area (Å²) in [6.07, 6.45) is 0. The molecule has 0 heterocycles. The van der Waals surface area contributed by atoms with Crippen LogP contribution in [0.1, 0.15) is 0 Å². The molecule has 0 fully saturated rings. The van der Waals surface area contributed by atoms with Crippen LogP contribution in [-0.4, -0.2) is 28.5 Å². The van der Waals surface area contributed by atoms with Crippen molar-refractivity contribution in [3.8, 4) is 0 Å². The van der Waals surface area contributed by atoms with Crippen LogP contribution in [-0.2, 0) is 0 Å². The Bertz CT molecular complexity index is 66.0. The monoisotopic (exact) mass is 116 g/mol. The lowest BCUT2D eigenvalue weighted by Crippen LogP contribution is -2.33. The highest BCUT2D eigenvalue weighted by atomic mass is 27.1. The van der Waals surface area contributed by atoms with Crippen LogP contribution in [0.3, 0.4) is 0 Å². The Hall–Kier alpha value is -0.198. The summed E-state index contributed by atoms with van der Waals surface area (Å²) in [5, 5.41) is 2.45. The zero-order chi connectivity index (χ0) is 5.70. The second-order valence-corrected chi connectivity index (χ2v) is 2.17. The molecule has 40 valence electrons. The molecule has 0 aliphatic rings. The highest BCUT2D eigenvalue weighted by Gasteiger charge is 1.89. The minimum atomic E-state index is -0.306. The molecule has 3 nitrogen and oxygen atoms in total. The molecule has 0 saturated heterocycles. The first kappa shape index (κ1) is 6.80. The molecule has 0 bridgehead atoms. The summed E-state index contributed by atoms with van der Waals surface area (Å²) >= 11 is -0.306. The van der Waals surface area contributed by atoms with Crippen LogP contribution >= 0.6 is 0 Å². The number of amides is 2. The predicted molar refractivity (Wildman–Crippen MR) is 30.6 cm³/mol. The van der Waals surface area contributed by atoms with Crippen LogP contribution in [0.15, 0.2) is 0 Å². The predicted octanol–water partition coefficient (Wildman–Crippen LogP) is -0.685. The van der Waals surface area contributed by atoms with Crippen molar-refractivity contribution in [1.82, 2.24) is 9.62 Å². The van der Waals surface area contributed by atoms with Crippen molar-refractivity contribution in [2.45, 2.75) is 5.79 Å². The standard InChI is InChI=1S/C2H6N2O.CH3.Al.H/c1-4-2(3)5;;;/h1H3,(H3,3,4,5);1H3;;/q;;+1;/p-1. The summed E-state index contributed by atoms with van der Waals surface area (Å²) < 4.78 is 2.68. The Kier molecular flexibility index (Phi) is 3.86. The molecule has 0 aliphatic carbocycles. The Labute approximate surface area is 49.4 Å². The van der Waals surface area contributed by atoms with Gasteiger partial charge in [-0.3, -0.25) is 4.79 Å². The van der Waals surface area contributed by atoms with E-state index in [2.05, 4.69) is 9.62 Å². The van der Waals surface area contributed by atoms with Crippen LogP contribution in [0.2, 0.25) is 5.79 Å². The van der Waals surface area contributed by atoms with Gasteiger partial charge in [0, 0.05) is 7.05 Å². The highest BCUT2D eigenvalue weighted by Crippen LogP contribution is 1.53. The third kappa shape index (κ3) is 3.64. The normalized spacial score (nSPS) is 7.14. The zero-order valence-corrected chi connectivity index (χ0v) is 6.03. The van der Waals surface area contributed by atoms with Crippen molar-refractivity contribution in [3.63, 3.8) is 0 Å². The summed E-state index contributed by atoms with van der Waals surface area (Å²) in [6, 6.07) is -0.0610. The van der Waals surface area contributed by atoms with Gasteiger partial charge in [-0.15, -0.1) is 0 Å². The molecule has 2 amide bonds. The topological polar surface area (TPSA) is 41.1 Å². The number of rotatable bonds is 1. The van der Waals surface area contributed by atoms with Gasteiger partial charge in [0.05, 0.1) is 0 Å². The molecule has 0 spiro atoms. The molecular weight excluding hydrogens is 107 g/mol. The molecular formula is C3H9AlN2O. The Morgan fingerprint density at radius 2 is 2.29 bits per heavy atom. The van der Waals surface area contributed by atoms with Crippen LogP contribution in [0.5, 0.6) is 0 Å². The average molecular weight is 116 g/mol. The van der Waals surface area contributed by atoms with Gasteiger partial charge in [0.25, 0.3) is 6.03 Å². The lowest BCUT2D eigenvalue weighted by atomic mass is 11.0. The van der Waals surface area contributed by atoms with Gasteiger partial charge in [0.2, 0.25) is 0 Å². The van der Waals surface area contributed by atoms with E-state index in [1.54, 1.807) is 7.05 Å². The quantitative estimate of drug-likeness (QED) is 0.438. The number of carbonyl (C=O) groups is 1. The second kappa shape index (κ2) is 3.97. The molecule has 0 rings (SSSR count). The minimum absolute atomic E-state index is 0.0610. The summed E-state index contributed by atoms with van der Waals surface area (Å²) in [6.45, 7) is 0. The van der Waals surface area contributed by atoms with Crippen LogP contribution in [0.25, 0.3) is 0 Å². The molecule has 0 aromatic heterocycles. The van der Waals surface area contributed by atoms with Gasteiger partial charge in [0.15, 0.2) is 0 Å². The van der Waals surface area contributed by atoms with Crippen molar-refractivity contribution in [1.29, 1.82) is 0 Å². The van der Waals surface area contributed by atoms with Crippen molar-refractivity contribution < 1.29 is 4.79 Å². The van der Waals surface area contributed by atoms with E-state index in [1.807, 2.05) is 5.79 Å². The summed E-state index contributed by atoms with van der Waals surface area (Å²) in [5.41, 5.74) is 0. The molecule has 4 heteroatoms. The van der Waals surface area contributed by atoms with Gasteiger partial charge in [-0.2, -0.15) is 0 Å². The number of carbonyl (C=O) groups excluding carboxylic acids is 1. The smallest absolute Gasteiger partial charge is 0.387 e. The fourth-order valence-corrected chi connectivity index (χ4v) is 0.747. The lowest BCUT2D eigenvalue weighted by Gasteiger charge is -1.95. The van der Waals surface area contributed by atoms with Crippen molar-refractivity contribution in [3.05, 3.63) is 0 Å². The Morgan fingerprint density at radius 3 is 2.43 bits per heavy atom. The van der Waals surface area contributed by atoms with Crippen molar-refractivity contribution in [2.24, 2.45) is 0 Å². The molecule has 7 heavy (non-hydrogen) atoms. The maximum absolute atomic E-state index is 10.2. The first-order valence-corrected chi connectivity index (χ1v) is 4.39. The molecule has 0 saturated carbocycles. The third-order valence-electron chi connectivity index (χ3n) is 0.564. The summed E-state index contributed by atoms with van der Waals surface area (Å²) in [4.78, 5) is 10.2. The number of urea groups is 1. The van der Waals surface area contributed by atoms with E-state index in [-0.39, 0.29) is 21.5 Å². The van der Waals surface area contributed by atoms with E-state index >= 15 is 0 Å². The zero-order valence-electron chi connectivity index (χ0n) is 4.62. The second-order valence-electron chi connectivity index (χ2n) is 1.11. The summed E-state index contributed by atoms with van der Waals surface area (Å²) in [7, 11) is 1.61. The fourth-order valence-electron chi connectivity index (χ4n) is 0.249. The van der Waals surface area contributed by atoms with E-state index in [1.165, 1.54) is 0 Å². The van der Waals surface area contributed by atoms with E-state index < -0.39 is 0 Å². The Morgan fingerprint density at radius 1 is 1.71 bits per heavy atom. The van der Waals surface area contributed by atoms with Gasteiger partial charge in [0.1, 0.15) is 0 Å². The average Bonchev–Trinajstić information content (AvgIpc) is 1.68. The molecule has 0 aliphatic heterocycles. The molecule has 0 atom stereocenters. The van der Waals surface area contributed by atoms with Gasteiger partial charge >= 0.3 is 15.4 Å². The number of hydrogen-bond donors (Lipinski definition) is 2. The first-order valence-electron chi connectivity index (χ1n) is 2.26. The molecule has 0 unspecified atom stereocenters. The van der Waals surface area contributed by atoms with Crippen LogP contribution in [0.4, 0.5) is 4.79 Å². The first-order chi connectivity index (χ1) is 3.31. The van der Waals surface area contributed by atoms with Gasteiger partial charge in [-0.05, 0) is 0 Å². The van der Waals surface area contributed by atoms with E-state index in [4.69, 9.17) is 0 Å². The van der Waals surface area contributed by atoms with E-state index in [0.29, 0.717) is 0 Å². The van der Waals surface area contributed by atoms with E-state index in [0.717, 1.165) is 0 Å². The number of nitrogens with one attached hydrogen (secondary N) is 2. The SMILES string of the molecule is CNC(=O)[NH][AlH][CH3]. The molecule has 0 aromatic carbocycles. The number of hydrogen-bond acceptors (Lipinski definition) is 1. The highest BCUT2D eigenvalue weighted by molar-refractivity contribution is 6.34. The van der Waals surface area contributed by atoms with E-state index in [9.17, 15) is 4.79 Å². The van der Waals surface area contributed by atoms with Crippen molar-refractivity contribution in [2.75, 3.05) is 7.05 Å². The maximum Gasteiger partial charge on any atom is 0.387 e. The fraction of sp³-hybridized carbons (Fsp3) is 0.667. The third-order valence-corrected chi connectivity index (χ3v) is 1.24. The molecule has 0 radical (unpaired) electrons. The molecule has 2 N–H and O–H groups in total. The largest absolute Gasteiger partial charge is 0.432 e. The van der Waals surface area contributed by atoms with Crippen LogP contribution in [0, 0.1) is 0 Å². The van der Waals surface area contributed by atoms with Gasteiger partial charge < -0.3 is 9.62 Å².